The topological polar surface area (TPSA) is 32.9 Å². The first-order chi connectivity index (χ1) is 9.49. The highest BCUT2D eigenvalue weighted by atomic mass is 79.9. The summed E-state index contributed by atoms with van der Waals surface area (Å²) in [6.07, 6.45) is 6.47. The van der Waals surface area contributed by atoms with E-state index in [0.717, 1.165) is 33.8 Å². The second-order valence-corrected chi connectivity index (χ2v) is 7.46. The fraction of sp³-hybridized carbons (Fsp3) is 0.471. The molecule has 1 aromatic carbocycles. The highest BCUT2D eigenvalue weighted by Crippen LogP contribution is 2.42. The molecule has 0 radical (unpaired) electrons. The molecule has 0 saturated heterocycles. The molecule has 0 spiro atoms. The third-order valence-electron chi connectivity index (χ3n) is 4.73. The van der Waals surface area contributed by atoms with Crippen molar-refractivity contribution in [1.29, 1.82) is 0 Å². The second kappa shape index (κ2) is 5.03. The first-order valence-corrected chi connectivity index (χ1v) is 8.09. The molecule has 1 aliphatic carbocycles. The van der Waals surface area contributed by atoms with Crippen molar-refractivity contribution in [2.75, 3.05) is 0 Å². The number of hydrogen-bond acceptors (Lipinski definition) is 1. The minimum atomic E-state index is 0.116. The fourth-order valence-corrected chi connectivity index (χ4v) is 3.83. The maximum Gasteiger partial charge on any atom is 0.168 e. The van der Waals surface area contributed by atoms with Crippen LogP contribution in [0.15, 0.2) is 28.9 Å². The third kappa shape index (κ3) is 2.32. The summed E-state index contributed by atoms with van der Waals surface area (Å²) >= 11 is 3.49. The Morgan fingerprint density at radius 3 is 2.90 bits per heavy atom. The average Bonchev–Trinajstić information content (AvgIpc) is 2.80. The molecule has 2 nitrogen and oxygen atoms in total. The van der Waals surface area contributed by atoms with E-state index in [1.807, 2.05) is 24.4 Å². The summed E-state index contributed by atoms with van der Waals surface area (Å²) in [5.74, 6) is 0.452. The first-order valence-electron chi connectivity index (χ1n) is 7.30. The van der Waals surface area contributed by atoms with Crippen molar-refractivity contribution in [3.05, 3.63) is 34.4 Å². The van der Waals surface area contributed by atoms with Gasteiger partial charge in [0, 0.05) is 33.1 Å². The summed E-state index contributed by atoms with van der Waals surface area (Å²) in [7, 11) is 0. The molecule has 0 amide bonds. The molecule has 106 valence electrons. The fourth-order valence-electron chi connectivity index (χ4n) is 3.46. The number of H-pyrrole nitrogens is 1. The van der Waals surface area contributed by atoms with Crippen LogP contribution < -0.4 is 0 Å². The molecule has 1 atom stereocenters. The molecule has 20 heavy (non-hydrogen) atoms. The van der Waals surface area contributed by atoms with Crippen LogP contribution in [0.25, 0.3) is 10.9 Å². The van der Waals surface area contributed by atoms with Gasteiger partial charge in [-0.25, -0.2) is 0 Å². The van der Waals surface area contributed by atoms with Gasteiger partial charge in [0.1, 0.15) is 0 Å². The lowest BCUT2D eigenvalue weighted by Gasteiger charge is -2.37. The van der Waals surface area contributed by atoms with Gasteiger partial charge in [0.25, 0.3) is 0 Å². The van der Waals surface area contributed by atoms with Gasteiger partial charge in [-0.15, -0.1) is 0 Å². The Morgan fingerprint density at radius 1 is 1.35 bits per heavy atom. The van der Waals surface area contributed by atoms with E-state index in [9.17, 15) is 4.79 Å². The Balaban J connectivity index is 2.02. The van der Waals surface area contributed by atoms with E-state index in [4.69, 9.17) is 0 Å². The van der Waals surface area contributed by atoms with Crippen molar-refractivity contribution in [2.24, 2.45) is 11.3 Å². The second-order valence-electron chi connectivity index (χ2n) is 6.54. The Hall–Kier alpha value is -1.09. The monoisotopic (exact) mass is 333 g/mol. The summed E-state index contributed by atoms with van der Waals surface area (Å²) in [5.41, 5.74) is 2.00. The minimum Gasteiger partial charge on any atom is -0.360 e. The number of fused-ring (bicyclic) bond motifs is 1. The van der Waals surface area contributed by atoms with Crippen LogP contribution in [0.3, 0.4) is 0 Å². The number of Topliss-reactive ketones (excluding diaryl/α,β-unsaturated/α-hetero) is 1. The molecule has 1 unspecified atom stereocenters. The van der Waals surface area contributed by atoms with Crippen molar-refractivity contribution < 1.29 is 4.79 Å². The number of benzene rings is 1. The van der Waals surface area contributed by atoms with E-state index >= 15 is 0 Å². The van der Waals surface area contributed by atoms with Crippen molar-refractivity contribution in [1.82, 2.24) is 4.98 Å². The van der Waals surface area contributed by atoms with Gasteiger partial charge in [0.15, 0.2) is 5.78 Å². The summed E-state index contributed by atoms with van der Waals surface area (Å²) < 4.78 is 1.02. The number of aromatic nitrogens is 1. The van der Waals surface area contributed by atoms with Gasteiger partial charge in [-0.05, 0) is 36.5 Å². The number of rotatable bonds is 2. The molecule has 3 heteroatoms. The maximum atomic E-state index is 13.0. The van der Waals surface area contributed by atoms with Crippen molar-refractivity contribution >= 4 is 32.6 Å². The van der Waals surface area contributed by atoms with Gasteiger partial charge >= 0.3 is 0 Å². The van der Waals surface area contributed by atoms with Crippen LogP contribution in [0.4, 0.5) is 0 Å². The Kier molecular flexibility index (Phi) is 3.49. The molecule has 1 fully saturated rings. The van der Waals surface area contributed by atoms with E-state index in [0.29, 0.717) is 5.78 Å². The summed E-state index contributed by atoms with van der Waals surface area (Å²) in [5, 5.41) is 1.03. The summed E-state index contributed by atoms with van der Waals surface area (Å²) in [4.78, 5) is 16.2. The normalized spacial score (nSPS) is 22.1. The van der Waals surface area contributed by atoms with Gasteiger partial charge < -0.3 is 4.98 Å². The Labute approximate surface area is 128 Å². The lowest BCUT2D eigenvalue weighted by Crippen LogP contribution is -2.34. The average molecular weight is 334 g/mol. The molecular weight excluding hydrogens is 314 g/mol. The van der Waals surface area contributed by atoms with Gasteiger partial charge in [-0.3, -0.25) is 4.79 Å². The third-order valence-corrected chi connectivity index (χ3v) is 5.23. The number of carbonyl (C=O) groups excluding carboxylic acids is 1. The largest absolute Gasteiger partial charge is 0.360 e. The summed E-state index contributed by atoms with van der Waals surface area (Å²) in [6.45, 7) is 4.47. The molecule has 1 aromatic heterocycles. The molecule has 2 aromatic rings. The Bertz CT molecular complexity index is 656. The van der Waals surface area contributed by atoms with Crippen LogP contribution in [0.5, 0.6) is 0 Å². The van der Waals surface area contributed by atoms with E-state index in [1.54, 1.807) is 0 Å². The Morgan fingerprint density at radius 2 is 2.15 bits per heavy atom. The van der Waals surface area contributed by atoms with Crippen molar-refractivity contribution in [3.8, 4) is 0 Å². The molecule has 3 rings (SSSR count). The van der Waals surface area contributed by atoms with E-state index in [-0.39, 0.29) is 11.3 Å². The zero-order valence-electron chi connectivity index (χ0n) is 12.0. The van der Waals surface area contributed by atoms with Crippen LogP contribution in [-0.2, 0) is 0 Å². The van der Waals surface area contributed by atoms with Gasteiger partial charge in [0.05, 0.1) is 0 Å². The van der Waals surface area contributed by atoms with Crippen molar-refractivity contribution in [3.63, 3.8) is 0 Å². The lowest BCUT2D eigenvalue weighted by atomic mass is 9.66. The van der Waals surface area contributed by atoms with Gasteiger partial charge in [-0.2, -0.15) is 0 Å². The van der Waals surface area contributed by atoms with Crippen LogP contribution in [0.1, 0.15) is 49.9 Å². The van der Waals surface area contributed by atoms with Gasteiger partial charge in [-0.1, -0.05) is 42.6 Å². The van der Waals surface area contributed by atoms with Crippen LogP contribution in [0, 0.1) is 11.3 Å². The van der Waals surface area contributed by atoms with E-state index < -0.39 is 0 Å². The van der Waals surface area contributed by atoms with Gasteiger partial charge in [0.2, 0.25) is 0 Å². The maximum absolute atomic E-state index is 13.0. The molecule has 0 aliphatic heterocycles. The quantitative estimate of drug-likeness (QED) is 0.740. The number of halogens is 1. The zero-order chi connectivity index (χ0) is 14.3. The smallest absolute Gasteiger partial charge is 0.168 e. The molecule has 1 aliphatic rings. The molecule has 0 bridgehead atoms. The number of aromatic amines is 1. The SMILES string of the molecule is CC1(C)CCCCC1C(=O)c1c[nH]c2ccc(Br)cc12. The molecule has 1 N–H and O–H groups in total. The number of nitrogens with one attached hydrogen (secondary N) is 1. The predicted octanol–water partition coefficient (Wildman–Crippen LogP) is 5.33. The predicted molar refractivity (Wildman–Crippen MR) is 86.1 cm³/mol. The number of carbonyl (C=O) groups is 1. The lowest BCUT2D eigenvalue weighted by molar-refractivity contribution is 0.0699. The minimum absolute atomic E-state index is 0.116. The van der Waals surface area contributed by atoms with Crippen LogP contribution in [0.2, 0.25) is 0 Å². The van der Waals surface area contributed by atoms with Crippen LogP contribution in [-0.4, -0.2) is 10.8 Å². The van der Waals surface area contributed by atoms with E-state index in [1.165, 1.54) is 12.8 Å². The van der Waals surface area contributed by atoms with Crippen LogP contribution >= 0.6 is 15.9 Å². The molecular formula is C17H20BrNO. The first kappa shape index (κ1) is 13.9. The standard InChI is InChI=1S/C17H20BrNO/c1-17(2)8-4-3-5-14(17)16(20)13-10-19-15-7-6-11(18)9-12(13)15/h6-7,9-10,14,19H,3-5,8H2,1-2H3. The number of hydrogen-bond donors (Lipinski definition) is 1. The van der Waals surface area contributed by atoms with Crippen molar-refractivity contribution in [2.45, 2.75) is 39.5 Å². The number of ketones is 1. The molecule has 1 saturated carbocycles. The highest BCUT2D eigenvalue weighted by molar-refractivity contribution is 9.10. The summed E-state index contributed by atoms with van der Waals surface area (Å²) in [6, 6.07) is 6.05. The highest BCUT2D eigenvalue weighted by Gasteiger charge is 2.38. The van der Waals surface area contributed by atoms with E-state index in [2.05, 4.69) is 34.8 Å². The zero-order valence-corrected chi connectivity index (χ0v) is 13.6. The molecule has 1 heterocycles.